The van der Waals surface area contributed by atoms with E-state index in [1.54, 1.807) is 12.4 Å². The van der Waals surface area contributed by atoms with Gasteiger partial charge in [0.2, 0.25) is 6.41 Å². The summed E-state index contributed by atoms with van der Waals surface area (Å²) < 4.78 is 0. The van der Waals surface area contributed by atoms with Gasteiger partial charge in [0.05, 0.1) is 11.0 Å². The van der Waals surface area contributed by atoms with Crippen molar-refractivity contribution in [2.75, 3.05) is 6.54 Å². The molecule has 3 aromatic rings. The zero-order valence-corrected chi connectivity index (χ0v) is 13.8. The molecular weight excluding hydrogens is 300 g/mol. The van der Waals surface area contributed by atoms with Crippen molar-refractivity contribution in [1.29, 1.82) is 0 Å². The number of aromatic amines is 1. The number of nitrogens with zero attached hydrogens (tertiary/aromatic N) is 2. The molecule has 3 rings (SSSR count). The third-order valence-corrected chi connectivity index (χ3v) is 4.03. The zero-order chi connectivity index (χ0) is 17.0. The van der Waals surface area contributed by atoms with Gasteiger partial charge in [0.15, 0.2) is 0 Å². The Morgan fingerprint density at radius 3 is 2.88 bits per heavy atom. The minimum Gasteiger partial charge on any atom is -0.358 e. The van der Waals surface area contributed by atoms with E-state index in [-0.39, 0.29) is 5.41 Å². The number of carbonyl (C=O) groups is 1. The lowest BCUT2D eigenvalue weighted by molar-refractivity contribution is -0.109. The van der Waals surface area contributed by atoms with Crippen LogP contribution in [0.3, 0.4) is 0 Å². The molecule has 24 heavy (non-hydrogen) atoms. The second kappa shape index (κ2) is 6.66. The Labute approximate surface area is 140 Å². The van der Waals surface area contributed by atoms with Gasteiger partial charge in [-0.2, -0.15) is 0 Å². The van der Waals surface area contributed by atoms with Crippen molar-refractivity contribution in [2.45, 2.75) is 19.3 Å². The largest absolute Gasteiger partial charge is 0.358 e. The van der Waals surface area contributed by atoms with Crippen molar-refractivity contribution in [3.05, 3.63) is 59.7 Å². The molecule has 5 heteroatoms. The van der Waals surface area contributed by atoms with E-state index >= 15 is 0 Å². The average molecular weight is 320 g/mol. The maximum absolute atomic E-state index is 10.5. The molecule has 122 valence electrons. The van der Waals surface area contributed by atoms with Gasteiger partial charge < -0.3 is 10.3 Å². The molecule has 0 radical (unpaired) electrons. The Kier molecular flexibility index (Phi) is 4.42. The Bertz CT molecular complexity index is 865. The second-order valence-corrected chi connectivity index (χ2v) is 6.36. The van der Waals surface area contributed by atoms with E-state index in [4.69, 9.17) is 0 Å². The van der Waals surface area contributed by atoms with Crippen molar-refractivity contribution in [2.24, 2.45) is 0 Å². The number of rotatable bonds is 6. The summed E-state index contributed by atoms with van der Waals surface area (Å²) in [4.78, 5) is 22.6. The minimum absolute atomic E-state index is 0.153. The number of hydrogen-bond acceptors (Lipinski definition) is 3. The fourth-order valence-corrected chi connectivity index (χ4v) is 2.57. The van der Waals surface area contributed by atoms with Crippen LogP contribution in [-0.4, -0.2) is 27.9 Å². The molecule has 0 aliphatic rings. The van der Waals surface area contributed by atoms with E-state index in [1.807, 2.05) is 30.4 Å². The predicted molar refractivity (Wildman–Crippen MR) is 96.4 cm³/mol. The van der Waals surface area contributed by atoms with Crippen molar-refractivity contribution in [3.63, 3.8) is 0 Å². The molecule has 0 aliphatic carbocycles. The lowest BCUT2D eigenvalue weighted by atomic mass is 9.84. The summed E-state index contributed by atoms with van der Waals surface area (Å²) in [6.07, 6.45) is 8.20. The van der Waals surface area contributed by atoms with Crippen LogP contribution in [0.15, 0.2) is 42.7 Å². The first-order valence-corrected chi connectivity index (χ1v) is 7.84. The van der Waals surface area contributed by atoms with Crippen LogP contribution in [0.2, 0.25) is 0 Å². The average Bonchev–Trinajstić information content (AvgIpc) is 3.01. The number of fused-ring (bicyclic) bond motifs is 1. The van der Waals surface area contributed by atoms with Crippen LogP contribution >= 0.6 is 0 Å². The fourth-order valence-electron chi connectivity index (χ4n) is 2.57. The van der Waals surface area contributed by atoms with E-state index in [9.17, 15) is 4.79 Å². The maximum Gasteiger partial charge on any atom is 0.207 e. The van der Waals surface area contributed by atoms with Gasteiger partial charge in [-0.05, 0) is 41.5 Å². The Morgan fingerprint density at radius 2 is 2.12 bits per heavy atom. The number of pyridine rings is 1. The third-order valence-electron chi connectivity index (χ3n) is 4.03. The highest BCUT2D eigenvalue weighted by Gasteiger charge is 2.20. The predicted octanol–water partition coefficient (Wildman–Crippen LogP) is 3.15. The number of carbonyl (C=O) groups excluding carboxylic acids is 1. The number of H-pyrrole nitrogens is 1. The van der Waals surface area contributed by atoms with Crippen LogP contribution in [0.25, 0.3) is 23.2 Å². The van der Waals surface area contributed by atoms with Gasteiger partial charge in [-0.25, -0.2) is 4.98 Å². The summed E-state index contributed by atoms with van der Waals surface area (Å²) in [6, 6.07) is 10.1. The van der Waals surface area contributed by atoms with Crippen LogP contribution in [0.5, 0.6) is 0 Å². The van der Waals surface area contributed by atoms with Gasteiger partial charge in [-0.3, -0.25) is 9.78 Å². The Balaban J connectivity index is 1.86. The van der Waals surface area contributed by atoms with E-state index in [2.05, 4.69) is 46.2 Å². The molecule has 0 atom stereocenters. The van der Waals surface area contributed by atoms with Crippen LogP contribution in [0, 0.1) is 0 Å². The number of benzene rings is 1. The molecule has 0 spiro atoms. The van der Waals surface area contributed by atoms with Crippen LogP contribution < -0.4 is 5.32 Å². The molecule has 5 nitrogen and oxygen atoms in total. The number of nitrogens with one attached hydrogen (secondary N) is 2. The molecule has 0 bridgehead atoms. The van der Waals surface area contributed by atoms with Gasteiger partial charge in [-0.15, -0.1) is 0 Å². The molecule has 2 aromatic heterocycles. The molecule has 1 aromatic carbocycles. The van der Waals surface area contributed by atoms with Crippen molar-refractivity contribution < 1.29 is 4.79 Å². The van der Waals surface area contributed by atoms with E-state index in [0.29, 0.717) is 6.54 Å². The summed E-state index contributed by atoms with van der Waals surface area (Å²) >= 11 is 0. The molecule has 2 heterocycles. The SMILES string of the molecule is CC(C)(CNC=O)c1ccc2[nH]c(/C=C/c3cccnc3)nc2c1. The number of amides is 1. The highest BCUT2D eigenvalue weighted by atomic mass is 16.1. The Hall–Kier alpha value is -2.95. The summed E-state index contributed by atoms with van der Waals surface area (Å²) in [7, 11) is 0. The van der Waals surface area contributed by atoms with Crippen molar-refractivity contribution in [1.82, 2.24) is 20.3 Å². The van der Waals surface area contributed by atoms with Gasteiger partial charge >= 0.3 is 0 Å². The monoisotopic (exact) mass is 320 g/mol. The lowest BCUT2D eigenvalue weighted by Crippen LogP contribution is -2.32. The first-order chi connectivity index (χ1) is 11.6. The summed E-state index contributed by atoms with van der Waals surface area (Å²) in [5.74, 6) is 0.801. The van der Waals surface area contributed by atoms with Crippen molar-refractivity contribution >= 4 is 29.6 Å². The molecule has 0 saturated carbocycles. The van der Waals surface area contributed by atoms with E-state index in [1.165, 1.54) is 0 Å². The standard InChI is InChI=1S/C19H20N4O/c1-19(2,12-21-13-24)15-6-7-16-17(10-15)23-18(22-16)8-5-14-4-3-9-20-11-14/h3-11,13H,12H2,1-2H3,(H,21,24)(H,22,23)/b8-5+. The molecule has 0 saturated heterocycles. The maximum atomic E-state index is 10.5. The fraction of sp³-hybridized carbons (Fsp3) is 0.211. The topological polar surface area (TPSA) is 70.7 Å². The summed E-state index contributed by atoms with van der Waals surface area (Å²) in [5.41, 5.74) is 3.92. The van der Waals surface area contributed by atoms with Crippen molar-refractivity contribution in [3.8, 4) is 0 Å². The highest BCUT2D eigenvalue weighted by molar-refractivity contribution is 5.79. The van der Waals surface area contributed by atoms with E-state index in [0.717, 1.165) is 34.4 Å². The van der Waals surface area contributed by atoms with Gasteiger partial charge in [0.25, 0.3) is 0 Å². The zero-order valence-electron chi connectivity index (χ0n) is 13.8. The quantitative estimate of drug-likeness (QED) is 0.685. The molecule has 0 aliphatic heterocycles. The van der Waals surface area contributed by atoms with Gasteiger partial charge in [-0.1, -0.05) is 26.0 Å². The van der Waals surface area contributed by atoms with Gasteiger partial charge in [0, 0.05) is 24.4 Å². The Morgan fingerprint density at radius 1 is 1.25 bits per heavy atom. The molecule has 1 amide bonds. The molecule has 0 unspecified atom stereocenters. The van der Waals surface area contributed by atoms with Gasteiger partial charge in [0.1, 0.15) is 5.82 Å². The summed E-state index contributed by atoms with van der Waals surface area (Å²) in [5, 5.41) is 2.75. The van der Waals surface area contributed by atoms with Crippen LogP contribution in [0.1, 0.15) is 30.8 Å². The lowest BCUT2D eigenvalue weighted by Gasteiger charge is -2.24. The van der Waals surface area contributed by atoms with E-state index < -0.39 is 0 Å². The molecule has 0 fully saturated rings. The van der Waals surface area contributed by atoms with Crippen LogP contribution in [-0.2, 0) is 10.2 Å². The second-order valence-electron chi connectivity index (χ2n) is 6.36. The number of imidazole rings is 1. The third kappa shape index (κ3) is 3.51. The van der Waals surface area contributed by atoms with Crippen LogP contribution in [0.4, 0.5) is 0 Å². The number of hydrogen-bond donors (Lipinski definition) is 2. The first kappa shape index (κ1) is 15.9. The first-order valence-electron chi connectivity index (χ1n) is 7.84. The summed E-state index contributed by atoms with van der Waals surface area (Å²) in [6.45, 7) is 4.78. The minimum atomic E-state index is -0.153. The number of aromatic nitrogens is 3. The molecule has 2 N–H and O–H groups in total. The highest BCUT2D eigenvalue weighted by Crippen LogP contribution is 2.25. The normalized spacial score (nSPS) is 11.9. The smallest absolute Gasteiger partial charge is 0.207 e. The molecular formula is C19H20N4O.